The monoisotopic (exact) mass is 251 g/mol. The molecular weight excluding hydrogens is 242 g/mol. The number of benzene rings is 1. The second-order valence-corrected chi connectivity index (χ2v) is 4.33. The minimum atomic E-state index is 0.453. The maximum atomic E-state index is 6.10. The van der Waals surface area contributed by atoms with Crippen molar-refractivity contribution in [3.63, 3.8) is 0 Å². The van der Waals surface area contributed by atoms with Crippen molar-refractivity contribution in [2.45, 2.75) is 5.16 Å². The van der Waals surface area contributed by atoms with Crippen LogP contribution < -0.4 is 5.73 Å². The van der Waals surface area contributed by atoms with Gasteiger partial charge in [0.15, 0.2) is 5.16 Å². The molecule has 2 aromatic rings. The molecule has 2 rings (SSSR count). The number of nitrogens with two attached hydrogens (primary N) is 1. The lowest BCUT2D eigenvalue weighted by atomic mass is 10.1. The van der Waals surface area contributed by atoms with Crippen molar-refractivity contribution >= 4 is 29.2 Å². The van der Waals surface area contributed by atoms with Gasteiger partial charge >= 0.3 is 0 Å². The average Bonchev–Trinajstić information content (AvgIpc) is 2.28. The van der Waals surface area contributed by atoms with Gasteiger partial charge in [0, 0.05) is 16.7 Å². The van der Waals surface area contributed by atoms with E-state index in [1.807, 2.05) is 30.5 Å². The summed E-state index contributed by atoms with van der Waals surface area (Å²) in [7, 11) is 0. The molecule has 0 unspecified atom stereocenters. The summed E-state index contributed by atoms with van der Waals surface area (Å²) < 4.78 is 0. The molecule has 16 heavy (non-hydrogen) atoms. The quantitative estimate of drug-likeness (QED) is 0.658. The summed E-state index contributed by atoms with van der Waals surface area (Å²) in [6.45, 7) is 0. The van der Waals surface area contributed by atoms with Crippen LogP contribution in [0.1, 0.15) is 0 Å². The van der Waals surface area contributed by atoms with Gasteiger partial charge in [0.05, 0.1) is 5.69 Å². The Labute approximate surface area is 103 Å². The summed E-state index contributed by atoms with van der Waals surface area (Å²) in [5.74, 6) is 0.453. The van der Waals surface area contributed by atoms with E-state index >= 15 is 0 Å². The van der Waals surface area contributed by atoms with Gasteiger partial charge < -0.3 is 5.73 Å². The first kappa shape index (κ1) is 11.2. The van der Waals surface area contributed by atoms with Crippen molar-refractivity contribution in [1.29, 1.82) is 0 Å². The zero-order valence-electron chi connectivity index (χ0n) is 8.64. The summed E-state index contributed by atoms with van der Waals surface area (Å²) >= 11 is 7.55. The average molecular weight is 252 g/mol. The van der Waals surface area contributed by atoms with Gasteiger partial charge in [0.2, 0.25) is 0 Å². The van der Waals surface area contributed by atoms with Crippen LogP contribution in [0.5, 0.6) is 0 Å². The molecule has 0 spiro atoms. The highest BCUT2D eigenvalue weighted by Gasteiger charge is 2.07. The Morgan fingerprint density at radius 3 is 2.69 bits per heavy atom. The number of anilines is 1. The molecule has 0 aliphatic heterocycles. The number of thioether (sulfide) groups is 1. The largest absolute Gasteiger partial charge is 0.384 e. The number of nitrogen functional groups attached to an aromatic ring is 1. The molecule has 0 bridgehead atoms. The second-order valence-electron chi connectivity index (χ2n) is 3.14. The molecule has 0 aliphatic carbocycles. The van der Waals surface area contributed by atoms with Gasteiger partial charge in [-0.05, 0) is 12.3 Å². The lowest BCUT2D eigenvalue weighted by molar-refractivity contribution is 0.985. The van der Waals surface area contributed by atoms with Crippen LogP contribution in [0.3, 0.4) is 0 Å². The Balaban J connectivity index is 2.56. The molecule has 0 saturated carbocycles. The van der Waals surface area contributed by atoms with Crippen molar-refractivity contribution in [2.24, 2.45) is 0 Å². The smallest absolute Gasteiger partial charge is 0.189 e. The molecule has 82 valence electrons. The Kier molecular flexibility index (Phi) is 3.31. The van der Waals surface area contributed by atoms with Crippen LogP contribution in [0.25, 0.3) is 11.3 Å². The van der Waals surface area contributed by atoms with Crippen molar-refractivity contribution in [1.82, 2.24) is 9.97 Å². The highest BCUT2D eigenvalue weighted by atomic mass is 35.5. The number of aromatic nitrogens is 2. The van der Waals surface area contributed by atoms with E-state index in [0.29, 0.717) is 16.0 Å². The standard InChI is InChI=1S/C11H10ClN3S/c1-16-11-14-9(6-10(13)15-11)7-4-2-3-5-8(7)12/h2-6H,1H3,(H2,13,14,15). The third-order valence-corrected chi connectivity index (χ3v) is 2.94. The molecule has 0 aliphatic rings. The molecule has 3 nitrogen and oxygen atoms in total. The first-order valence-electron chi connectivity index (χ1n) is 4.64. The van der Waals surface area contributed by atoms with E-state index in [-0.39, 0.29) is 0 Å². The predicted molar refractivity (Wildman–Crippen MR) is 68.7 cm³/mol. The lowest BCUT2D eigenvalue weighted by Gasteiger charge is -2.05. The van der Waals surface area contributed by atoms with E-state index < -0.39 is 0 Å². The summed E-state index contributed by atoms with van der Waals surface area (Å²) in [6.07, 6.45) is 1.91. The van der Waals surface area contributed by atoms with Crippen LogP contribution >= 0.6 is 23.4 Å². The van der Waals surface area contributed by atoms with Crippen molar-refractivity contribution < 1.29 is 0 Å². The van der Waals surface area contributed by atoms with E-state index in [4.69, 9.17) is 17.3 Å². The first-order valence-corrected chi connectivity index (χ1v) is 6.24. The Bertz CT molecular complexity index is 516. The van der Waals surface area contributed by atoms with Gasteiger partial charge in [0.1, 0.15) is 5.82 Å². The fraction of sp³-hybridized carbons (Fsp3) is 0.0909. The van der Waals surface area contributed by atoms with Crippen LogP contribution in [0.4, 0.5) is 5.82 Å². The maximum absolute atomic E-state index is 6.10. The van der Waals surface area contributed by atoms with Crippen LogP contribution in [0.2, 0.25) is 5.02 Å². The zero-order chi connectivity index (χ0) is 11.5. The van der Waals surface area contributed by atoms with Crippen molar-refractivity contribution in [3.8, 4) is 11.3 Å². The number of nitrogens with zero attached hydrogens (tertiary/aromatic N) is 2. The topological polar surface area (TPSA) is 51.8 Å². The number of hydrogen-bond acceptors (Lipinski definition) is 4. The van der Waals surface area contributed by atoms with Gasteiger partial charge in [-0.3, -0.25) is 0 Å². The molecule has 0 radical (unpaired) electrons. The first-order chi connectivity index (χ1) is 7.70. The molecule has 1 aromatic heterocycles. The summed E-state index contributed by atoms with van der Waals surface area (Å²) in [5.41, 5.74) is 7.34. The normalized spacial score (nSPS) is 10.4. The van der Waals surface area contributed by atoms with Gasteiger partial charge in [-0.2, -0.15) is 0 Å². The van der Waals surface area contributed by atoms with Gasteiger partial charge in [-0.25, -0.2) is 9.97 Å². The van der Waals surface area contributed by atoms with Crippen molar-refractivity contribution in [3.05, 3.63) is 35.4 Å². The third kappa shape index (κ3) is 2.28. The highest BCUT2D eigenvalue weighted by molar-refractivity contribution is 7.98. The molecule has 5 heteroatoms. The maximum Gasteiger partial charge on any atom is 0.189 e. The summed E-state index contributed by atoms with van der Waals surface area (Å²) in [6, 6.07) is 9.26. The lowest BCUT2D eigenvalue weighted by Crippen LogP contribution is -1.96. The molecule has 0 atom stereocenters. The Hall–Kier alpha value is -1.26. The van der Waals surface area contributed by atoms with Crippen LogP contribution in [0.15, 0.2) is 35.5 Å². The number of halogens is 1. The summed E-state index contributed by atoms with van der Waals surface area (Å²) in [5, 5.41) is 1.31. The Morgan fingerprint density at radius 2 is 2.00 bits per heavy atom. The minimum absolute atomic E-state index is 0.453. The minimum Gasteiger partial charge on any atom is -0.384 e. The van der Waals surface area contributed by atoms with Crippen LogP contribution in [0, 0.1) is 0 Å². The molecule has 0 amide bonds. The van der Waals surface area contributed by atoms with Gasteiger partial charge in [0.25, 0.3) is 0 Å². The SMILES string of the molecule is CSc1nc(N)cc(-c2ccccc2Cl)n1. The Morgan fingerprint density at radius 1 is 1.25 bits per heavy atom. The number of rotatable bonds is 2. The molecule has 0 saturated heterocycles. The molecule has 1 heterocycles. The van der Waals surface area contributed by atoms with Gasteiger partial charge in [-0.15, -0.1) is 0 Å². The molecule has 2 N–H and O–H groups in total. The van der Waals surface area contributed by atoms with Crippen LogP contribution in [-0.4, -0.2) is 16.2 Å². The summed E-state index contributed by atoms with van der Waals surface area (Å²) in [4.78, 5) is 8.46. The third-order valence-electron chi connectivity index (χ3n) is 2.06. The highest BCUT2D eigenvalue weighted by Crippen LogP contribution is 2.27. The van der Waals surface area contributed by atoms with E-state index in [1.165, 1.54) is 11.8 Å². The molecule has 0 fully saturated rings. The van der Waals surface area contributed by atoms with Crippen molar-refractivity contribution in [2.75, 3.05) is 12.0 Å². The van der Waals surface area contributed by atoms with E-state index in [2.05, 4.69) is 9.97 Å². The van der Waals surface area contributed by atoms with Crippen LogP contribution in [-0.2, 0) is 0 Å². The van der Waals surface area contributed by atoms with E-state index in [1.54, 1.807) is 6.07 Å². The van der Waals surface area contributed by atoms with E-state index in [9.17, 15) is 0 Å². The predicted octanol–water partition coefficient (Wildman–Crippen LogP) is 3.10. The van der Waals surface area contributed by atoms with Gasteiger partial charge in [-0.1, -0.05) is 41.6 Å². The zero-order valence-corrected chi connectivity index (χ0v) is 10.2. The fourth-order valence-corrected chi connectivity index (χ4v) is 1.96. The molecule has 1 aromatic carbocycles. The molecular formula is C11H10ClN3S. The fourth-order valence-electron chi connectivity index (χ4n) is 1.34. The van der Waals surface area contributed by atoms with E-state index in [0.717, 1.165) is 11.3 Å². The second kappa shape index (κ2) is 4.72. The number of hydrogen-bond donors (Lipinski definition) is 1.